The number of benzene rings is 1. The fourth-order valence-electron chi connectivity index (χ4n) is 1.67. The van der Waals surface area contributed by atoms with Gasteiger partial charge in [0, 0.05) is 6.07 Å². The minimum absolute atomic E-state index is 0.00727. The Morgan fingerprint density at radius 3 is 2.76 bits per heavy atom. The molecule has 0 bridgehead atoms. The molecule has 21 heavy (non-hydrogen) atoms. The maximum atomic E-state index is 11.9. The molecule has 7 nitrogen and oxygen atoms in total. The van der Waals surface area contributed by atoms with Gasteiger partial charge in [-0.1, -0.05) is 18.1 Å². The lowest BCUT2D eigenvalue weighted by Crippen LogP contribution is -2.28. The number of hydrogen-bond donors (Lipinski definition) is 0. The average molecular weight is 303 g/mol. The van der Waals surface area contributed by atoms with Crippen LogP contribution >= 0.6 is 11.8 Å². The number of rotatable bonds is 3. The highest BCUT2D eigenvalue weighted by molar-refractivity contribution is 8.18. The van der Waals surface area contributed by atoms with Gasteiger partial charge in [0.1, 0.15) is 0 Å². The molecule has 2 amide bonds. The third kappa shape index (κ3) is 2.73. The highest BCUT2D eigenvalue weighted by Crippen LogP contribution is 2.35. The van der Waals surface area contributed by atoms with Crippen molar-refractivity contribution in [3.63, 3.8) is 0 Å². The molecule has 1 aromatic rings. The summed E-state index contributed by atoms with van der Waals surface area (Å²) in [7, 11) is 0. The van der Waals surface area contributed by atoms with Gasteiger partial charge in [-0.05, 0) is 29.2 Å². The second-order valence-corrected chi connectivity index (χ2v) is 4.92. The van der Waals surface area contributed by atoms with E-state index in [1.54, 1.807) is 0 Å². The zero-order valence-corrected chi connectivity index (χ0v) is 11.3. The van der Waals surface area contributed by atoms with Crippen LogP contribution in [0, 0.1) is 22.5 Å². The number of nitro groups is 1. The van der Waals surface area contributed by atoms with Crippen LogP contribution in [-0.2, 0) is 4.79 Å². The summed E-state index contributed by atoms with van der Waals surface area (Å²) in [5.74, 6) is 0.753. The molecule has 0 saturated carbocycles. The van der Waals surface area contributed by atoms with E-state index in [1.165, 1.54) is 12.1 Å². The molecule has 0 spiro atoms. The molecule has 1 aliphatic heterocycles. The molecule has 1 heterocycles. The van der Waals surface area contributed by atoms with Gasteiger partial charge in [-0.25, -0.2) is 0 Å². The molecular weight excluding hydrogens is 296 g/mol. The van der Waals surface area contributed by atoms with E-state index in [1.807, 2.05) is 0 Å². The third-order valence-electron chi connectivity index (χ3n) is 2.63. The lowest BCUT2D eigenvalue weighted by molar-refractivity contribution is -0.398. The molecule has 0 N–H and O–H groups in total. The van der Waals surface area contributed by atoms with E-state index in [2.05, 4.69) is 5.92 Å². The predicted molar refractivity (Wildman–Crippen MR) is 74.1 cm³/mol. The number of amides is 2. The van der Waals surface area contributed by atoms with Crippen LogP contribution < -0.4 is 5.11 Å². The zero-order chi connectivity index (χ0) is 15.6. The van der Waals surface area contributed by atoms with Crippen LogP contribution in [0.4, 0.5) is 10.5 Å². The maximum Gasteiger partial charge on any atom is 0.294 e. The largest absolute Gasteiger partial charge is 0.867 e. The Bertz CT molecular complexity index is 720. The first-order chi connectivity index (χ1) is 9.95. The smallest absolute Gasteiger partial charge is 0.294 e. The lowest BCUT2D eigenvalue weighted by Gasteiger charge is -2.10. The van der Waals surface area contributed by atoms with Gasteiger partial charge in [0.15, 0.2) is 0 Å². The highest BCUT2D eigenvalue weighted by Gasteiger charge is 2.34. The van der Waals surface area contributed by atoms with Crippen molar-refractivity contribution in [3.8, 4) is 18.1 Å². The summed E-state index contributed by atoms with van der Waals surface area (Å²) in [5.41, 5.74) is -0.623. The number of terminal acetylenes is 1. The van der Waals surface area contributed by atoms with Crippen molar-refractivity contribution in [2.24, 2.45) is 0 Å². The van der Waals surface area contributed by atoms with E-state index in [0.29, 0.717) is 11.8 Å². The summed E-state index contributed by atoms with van der Waals surface area (Å²) in [6.07, 6.45) is 6.22. The first-order valence-corrected chi connectivity index (χ1v) is 6.40. The molecule has 0 aromatic heterocycles. The number of thioether (sulfide) groups is 1. The van der Waals surface area contributed by atoms with E-state index >= 15 is 0 Å². The standard InChI is InChI=1S/C13H8N2O5S/c1-2-6-14-12(17)10(21-13(14)18)7-8-4-3-5-9(11(8)16)15(19)20/h1,3-5,7,16H,6H2/p-1/b10-7+. The van der Waals surface area contributed by atoms with Crippen LogP contribution in [-0.4, -0.2) is 27.5 Å². The van der Waals surface area contributed by atoms with Crippen molar-refractivity contribution in [3.05, 3.63) is 38.8 Å². The van der Waals surface area contributed by atoms with Gasteiger partial charge < -0.3 is 5.11 Å². The Hall–Kier alpha value is -2.79. The number of para-hydroxylation sites is 1. The summed E-state index contributed by atoms with van der Waals surface area (Å²) >= 11 is 0.634. The molecule has 8 heteroatoms. The molecule has 1 saturated heterocycles. The molecule has 106 valence electrons. The topological polar surface area (TPSA) is 104 Å². The summed E-state index contributed by atoms with van der Waals surface area (Å²) < 4.78 is 0. The molecule has 0 atom stereocenters. The minimum atomic E-state index is -0.814. The van der Waals surface area contributed by atoms with E-state index in [9.17, 15) is 24.8 Å². The fraction of sp³-hybridized carbons (Fsp3) is 0.0769. The van der Waals surface area contributed by atoms with E-state index < -0.39 is 27.5 Å². The lowest BCUT2D eigenvalue weighted by atomic mass is 10.1. The number of hydrogen-bond acceptors (Lipinski definition) is 6. The summed E-state index contributed by atoms with van der Waals surface area (Å²) in [4.78, 5) is 34.3. The first-order valence-electron chi connectivity index (χ1n) is 5.59. The molecule has 0 aliphatic carbocycles. The van der Waals surface area contributed by atoms with E-state index in [0.717, 1.165) is 17.0 Å². The minimum Gasteiger partial charge on any atom is -0.867 e. The van der Waals surface area contributed by atoms with E-state index in [4.69, 9.17) is 6.42 Å². The van der Waals surface area contributed by atoms with Crippen molar-refractivity contribution in [1.29, 1.82) is 0 Å². The van der Waals surface area contributed by atoms with Crippen LogP contribution in [0.15, 0.2) is 23.1 Å². The van der Waals surface area contributed by atoms with Crippen LogP contribution in [0.1, 0.15) is 5.56 Å². The van der Waals surface area contributed by atoms with E-state index in [-0.39, 0.29) is 17.0 Å². The van der Waals surface area contributed by atoms with Gasteiger partial charge in [-0.15, -0.1) is 6.42 Å². The predicted octanol–water partition coefficient (Wildman–Crippen LogP) is 1.34. The van der Waals surface area contributed by atoms with Gasteiger partial charge >= 0.3 is 0 Å². The molecular formula is C13H7N2O5S-. The molecule has 2 rings (SSSR count). The molecule has 1 aliphatic rings. The summed E-state index contributed by atoms with van der Waals surface area (Å²) in [6.45, 7) is -0.165. The Morgan fingerprint density at radius 2 is 2.14 bits per heavy atom. The Labute approximate surface area is 123 Å². The molecule has 0 unspecified atom stereocenters. The van der Waals surface area contributed by atoms with Crippen LogP contribution in [0.3, 0.4) is 0 Å². The monoisotopic (exact) mass is 303 g/mol. The Balaban J connectivity index is 2.40. The zero-order valence-electron chi connectivity index (χ0n) is 10.4. The van der Waals surface area contributed by atoms with Crippen molar-refractivity contribution in [2.75, 3.05) is 6.54 Å². The second kappa shape index (κ2) is 5.68. The number of carbonyl (C=O) groups is 2. The maximum absolute atomic E-state index is 11.9. The number of nitro benzene ring substituents is 1. The van der Waals surface area contributed by atoms with Crippen LogP contribution in [0.2, 0.25) is 0 Å². The van der Waals surface area contributed by atoms with Gasteiger partial charge in [-0.3, -0.25) is 24.6 Å². The third-order valence-corrected chi connectivity index (χ3v) is 3.54. The molecule has 1 aromatic carbocycles. The average Bonchev–Trinajstić information content (AvgIpc) is 2.69. The molecule has 1 fully saturated rings. The molecule has 0 radical (unpaired) electrons. The van der Waals surface area contributed by atoms with Crippen molar-refractivity contribution in [2.45, 2.75) is 0 Å². The summed E-state index contributed by atoms with van der Waals surface area (Å²) in [6, 6.07) is 3.74. The van der Waals surface area contributed by atoms with Gasteiger partial charge in [0.05, 0.1) is 16.4 Å². The first kappa shape index (κ1) is 14.6. The van der Waals surface area contributed by atoms with Gasteiger partial charge in [0.2, 0.25) is 0 Å². The fourth-order valence-corrected chi connectivity index (χ4v) is 2.50. The SMILES string of the molecule is C#CCN1C(=O)S/C(=C/c2cccc([N+](=O)[O-])c2[O-])C1=O. The Morgan fingerprint density at radius 1 is 1.43 bits per heavy atom. The number of imide groups is 1. The normalized spacial score (nSPS) is 16.3. The van der Waals surface area contributed by atoms with Crippen molar-refractivity contribution < 1.29 is 19.6 Å². The number of carbonyl (C=O) groups excluding carboxylic acids is 2. The van der Waals surface area contributed by atoms with Crippen LogP contribution in [0.25, 0.3) is 6.08 Å². The van der Waals surface area contributed by atoms with Gasteiger partial charge in [-0.2, -0.15) is 0 Å². The van der Waals surface area contributed by atoms with Crippen molar-refractivity contribution in [1.82, 2.24) is 4.90 Å². The highest BCUT2D eigenvalue weighted by atomic mass is 32.2. The van der Waals surface area contributed by atoms with Gasteiger partial charge in [0.25, 0.3) is 16.8 Å². The number of nitrogens with zero attached hydrogens (tertiary/aromatic N) is 2. The quantitative estimate of drug-likeness (QED) is 0.361. The summed E-state index contributed by atoms with van der Waals surface area (Å²) in [5, 5.41) is 22.0. The Kier molecular flexibility index (Phi) is 3.95. The van der Waals surface area contributed by atoms with Crippen LogP contribution in [0.5, 0.6) is 5.75 Å². The second-order valence-electron chi connectivity index (χ2n) is 3.92. The van der Waals surface area contributed by atoms with Crippen molar-refractivity contribution >= 4 is 34.7 Å².